The van der Waals surface area contributed by atoms with Crippen LogP contribution in [0, 0.1) is 67.8 Å². The van der Waals surface area contributed by atoms with E-state index in [1.807, 2.05) is 25.1 Å². The Kier molecular flexibility index (Phi) is 4.18. The molecule has 4 unspecified atom stereocenters. The molecule has 4 atom stereocenters. The Morgan fingerprint density at radius 1 is 1.15 bits per heavy atom. The van der Waals surface area contributed by atoms with E-state index in [9.17, 15) is 24.6 Å². The molecule has 1 N–H and O–H groups in total. The molecule has 2 aliphatic heterocycles. The summed E-state index contributed by atoms with van der Waals surface area (Å²) in [6.45, 7) is 3.39. The predicted molar refractivity (Wildman–Crippen MR) is 87.5 cm³/mol. The second kappa shape index (κ2) is 6.01. The van der Waals surface area contributed by atoms with E-state index >= 15 is 0 Å². The Morgan fingerprint density at radius 2 is 1.81 bits per heavy atom. The van der Waals surface area contributed by atoms with Crippen molar-refractivity contribution in [2.75, 3.05) is 0 Å². The normalized spacial score (nSPS) is 33.4. The van der Waals surface area contributed by atoms with Crippen LogP contribution in [-0.2, 0) is 9.47 Å². The number of nitrogens with zero attached hydrogens (tertiary/aromatic N) is 3. The molecule has 0 saturated carbocycles. The van der Waals surface area contributed by atoms with Crippen molar-refractivity contribution in [2.24, 2.45) is 16.7 Å². The first-order valence-corrected chi connectivity index (χ1v) is 8.40. The zero-order valence-corrected chi connectivity index (χ0v) is 14.7. The SMILES string of the molecule is CCCC1C2(C)OC(=N)C1(C#N)C(C#N)(C#N)C(c1ccc(F)c(F)c1)O2. The van der Waals surface area contributed by atoms with E-state index in [2.05, 4.69) is 0 Å². The third-order valence-corrected chi connectivity index (χ3v) is 5.54. The lowest BCUT2D eigenvalue weighted by molar-refractivity contribution is -0.274. The van der Waals surface area contributed by atoms with Gasteiger partial charge in [0.15, 0.2) is 17.0 Å². The van der Waals surface area contributed by atoms with Crippen LogP contribution in [0.2, 0.25) is 0 Å². The average Bonchev–Trinajstić information content (AvgIpc) is 2.81. The van der Waals surface area contributed by atoms with E-state index in [4.69, 9.17) is 14.9 Å². The van der Waals surface area contributed by atoms with Gasteiger partial charge in [0.25, 0.3) is 0 Å². The molecule has 0 radical (unpaired) electrons. The smallest absolute Gasteiger partial charge is 0.214 e. The van der Waals surface area contributed by atoms with E-state index in [0.717, 1.165) is 12.1 Å². The highest BCUT2D eigenvalue weighted by atomic mass is 19.2. The standard InChI is InChI=1S/C19H16F2N4O2/c1-3-4-14-17(2)26-15(11-5-6-12(20)13(21)7-11)18(8-22,9-23)19(14,10-24)16(25)27-17/h5-7,14-15,25H,3-4H2,1-2H3. The lowest BCUT2D eigenvalue weighted by Crippen LogP contribution is -2.58. The summed E-state index contributed by atoms with van der Waals surface area (Å²) in [6.07, 6.45) is -0.419. The average molecular weight is 370 g/mol. The van der Waals surface area contributed by atoms with Gasteiger partial charge in [-0.3, -0.25) is 5.41 Å². The summed E-state index contributed by atoms with van der Waals surface area (Å²) in [6, 6.07) is 8.61. The van der Waals surface area contributed by atoms with Crippen molar-refractivity contribution >= 4 is 5.90 Å². The van der Waals surface area contributed by atoms with Crippen molar-refractivity contribution in [3.8, 4) is 18.2 Å². The minimum absolute atomic E-state index is 0.0242. The molecule has 8 heteroatoms. The molecule has 0 aromatic heterocycles. The molecule has 27 heavy (non-hydrogen) atoms. The molecule has 2 saturated heterocycles. The summed E-state index contributed by atoms with van der Waals surface area (Å²) in [5.74, 6) is -4.97. The van der Waals surface area contributed by atoms with Crippen LogP contribution >= 0.6 is 0 Å². The second-order valence-electron chi connectivity index (χ2n) is 6.91. The quantitative estimate of drug-likeness (QED) is 0.871. The summed E-state index contributed by atoms with van der Waals surface area (Å²) < 4.78 is 38.7. The topological polar surface area (TPSA) is 114 Å². The molecule has 2 fully saturated rings. The molecule has 0 spiro atoms. The highest BCUT2D eigenvalue weighted by molar-refractivity contribution is 5.89. The number of nitriles is 3. The minimum Gasteiger partial charge on any atom is -0.448 e. The van der Waals surface area contributed by atoms with E-state index in [1.165, 1.54) is 13.0 Å². The van der Waals surface area contributed by atoms with E-state index in [1.54, 1.807) is 0 Å². The van der Waals surface area contributed by atoms with Crippen LogP contribution in [0.15, 0.2) is 18.2 Å². The van der Waals surface area contributed by atoms with Crippen LogP contribution in [0.25, 0.3) is 0 Å². The fourth-order valence-corrected chi connectivity index (χ4v) is 4.29. The maximum absolute atomic E-state index is 13.8. The van der Waals surface area contributed by atoms with Crippen LogP contribution < -0.4 is 0 Å². The van der Waals surface area contributed by atoms with Crippen molar-refractivity contribution in [1.29, 1.82) is 21.2 Å². The number of fused-ring (bicyclic) bond motifs is 2. The number of hydrogen-bond donors (Lipinski definition) is 1. The molecule has 138 valence electrons. The number of hydrogen-bond acceptors (Lipinski definition) is 6. The zero-order chi connectivity index (χ0) is 20.0. The summed E-state index contributed by atoms with van der Waals surface area (Å²) >= 11 is 0. The molecule has 1 aromatic carbocycles. The Bertz CT molecular complexity index is 930. The maximum atomic E-state index is 13.8. The zero-order valence-electron chi connectivity index (χ0n) is 14.7. The van der Waals surface area contributed by atoms with Crippen molar-refractivity contribution in [1.82, 2.24) is 0 Å². The number of halogens is 2. The summed E-state index contributed by atoms with van der Waals surface area (Å²) in [7, 11) is 0. The van der Waals surface area contributed by atoms with Crippen LogP contribution in [0.1, 0.15) is 38.4 Å². The van der Waals surface area contributed by atoms with Crippen LogP contribution in [0.5, 0.6) is 0 Å². The van der Waals surface area contributed by atoms with Gasteiger partial charge in [-0.1, -0.05) is 19.4 Å². The minimum atomic E-state index is -2.17. The monoisotopic (exact) mass is 370 g/mol. The van der Waals surface area contributed by atoms with Crippen molar-refractivity contribution in [2.45, 2.75) is 38.6 Å². The molecule has 0 amide bonds. The molecule has 2 bridgehead atoms. The lowest BCUT2D eigenvalue weighted by Gasteiger charge is -2.48. The van der Waals surface area contributed by atoms with E-state index in [0.29, 0.717) is 12.8 Å². The Labute approximate surface area is 155 Å². The van der Waals surface area contributed by atoms with Gasteiger partial charge < -0.3 is 9.47 Å². The molecular formula is C19H16F2N4O2. The molecular weight excluding hydrogens is 354 g/mol. The van der Waals surface area contributed by atoms with Gasteiger partial charge in [0.05, 0.1) is 24.1 Å². The van der Waals surface area contributed by atoms with Crippen molar-refractivity contribution < 1.29 is 18.3 Å². The first-order valence-electron chi connectivity index (χ1n) is 8.40. The molecule has 6 nitrogen and oxygen atoms in total. The number of rotatable bonds is 3. The Balaban J connectivity index is 2.32. The van der Waals surface area contributed by atoms with Gasteiger partial charge in [0, 0.05) is 6.92 Å². The fourth-order valence-electron chi connectivity index (χ4n) is 4.29. The number of ether oxygens (including phenoxy) is 2. The van der Waals surface area contributed by atoms with Gasteiger partial charge in [-0.2, -0.15) is 15.8 Å². The molecule has 1 aromatic rings. The molecule has 2 heterocycles. The van der Waals surface area contributed by atoms with Crippen molar-refractivity contribution in [3.63, 3.8) is 0 Å². The van der Waals surface area contributed by atoms with Gasteiger partial charge in [-0.15, -0.1) is 0 Å². The third kappa shape index (κ3) is 2.13. The highest BCUT2D eigenvalue weighted by Crippen LogP contribution is 2.67. The van der Waals surface area contributed by atoms with E-state index in [-0.39, 0.29) is 5.56 Å². The third-order valence-electron chi connectivity index (χ3n) is 5.54. The maximum Gasteiger partial charge on any atom is 0.214 e. The van der Waals surface area contributed by atoms with Gasteiger partial charge >= 0.3 is 0 Å². The second-order valence-corrected chi connectivity index (χ2v) is 6.91. The molecule has 0 aliphatic carbocycles. The number of benzene rings is 1. The van der Waals surface area contributed by atoms with Crippen LogP contribution in [-0.4, -0.2) is 11.7 Å². The van der Waals surface area contributed by atoms with Crippen LogP contribution in [0.4, 0.5) is 8.78 Å². The number of nitrogens with one attached hydrogen (secondary N) is 1. The van der Waals surface area contributed by atoms with Gasteiger partial charge in [-0.05, 0) is 24.1 Å². The highest BCUT2D eigenvalue weighted by Gasteiger charge is 2.79. The predicted octanol–water partition coefficient (Wildman–Crippen LogP) is 3.72. The summed E-state index contributed by atoms with van der Waals surface area (Å²) in [4.78, 5) is 0. The van der Waals surface area contributed by atoms with Crippen molar-refractivity contribution in [3.05, 3.63) is 35.4 Å². The Hall–Kier alpha value is -3.02. The lowest BCUT2D eigenvalue weighted by atomic mass is 9.53. The van der Waals surface area contributed by atoms with Gasteiger partial charge in [-0.25, -0.2) is 8.78 Å². The molecule has 2 aliphatic rings. The first kappa shape index (κ1) is 18.8. The van der Waals surface area contributed by atoms with Crippen LogP contribution in [0.3, 0.4) is 0 Å². The van der Waals surface area contributed by atoms with E-state index < -0.39 is 46.2 Å². The summed E-state index contributed by atoms with van der Waals surface area (Å²) in [5.41, 5.74) is -4.04. The van der Waals surface area contributed by atoms with Gasteiger partial charge in [0.2, 0.25) is 17.1 Å². The largest absolute Gasteiger partial charge is 0.448 e. The van der Waals surface area contributed by atoms with Gasteiger partial charge in [0.1, 0.15) is 6.10 Å². The summed E-state index contributed by atoms with van der Waals surface area (Å²) in [5, 5.41) is 38.3. The first-order chi connectivity index (χ1) is 12.8. The molecule has 3 rings (SSSR count). The Morgan fingerprint density at radius 3 is 2.33 bits per heavy atom. The fraction of sp³-hybridized carbons (Fsp3) is 0.474.